The molecule has 0 aliphatic rings. The first-order chi connectivity index (χ1) is 11.1. The number of halogens is 4. The van der Waals surface area contributed by atoms with Crippen molar-refractivity contribution < 1.29 is 18.0 Å². The Balaban J connectivity index is 2.21. The molecule has 0 saturated heterocycles. The van der Waals surface area contributed by atoms with Crippen LogP contribution in [0.2, 0.25) is 0 Å². The first-order valence-corrected chi connectivity index (χ1v) is 7.99. The molecule has 2 aromatic heterocycles. The standard InChI is InChI=1S/C14H17BrF3N5O/c1-5-22-9(4)12(7(2)20-22)19-10(24)6-23-8(3)11(15)13(21-23)14(16,17)18/h5-6H2,1-4H3,(H,19,24). The van der Waals surface area contributed by atoms with Gasteiger partial charge in [0, 0.05) is 6.54 Å². The van der Waals surface area contributed by atoms with Crippen molar-refractivity contribution in [1.29, 1.82) is 0 Å². The number of hydrogen-bond acceptors (Lipinski definition) is 3. The van der Waals surface area contributed by atoms with Crippen molar-refractivity contribution in [3.8, 4) is 0 Å². The van der Waals surface area contributed by atoms with Crippen LogP contribution < -0.4 is 5.32 Å². The molecule has 0 atom stereocenters. The Bertz CT molecular complexity index is 778. The topological polar surface area (TPSA) is 64.7 Å². The van der Waals surface area contributed by atoms with Gasteiger partial charge in [-0.15, -0.1) is 0 Å². The molecule has 0 aromatic carbocycles. The average Bonchev–Trinajstić information content (AvgIpc) is 2.91. The molecule has 0 saturated carbocycles. The number of aromatic nitrogens is 4. The van der Waals surface area contributed by atoms with Crippen LogP contribution in [0.5, 0.6) is 0 Å². The van der Waals surface area contributed by atoms with Gasteiger partial charge in [0.05, 0.1) is 27.2 Å². The highest BCUT2D eigenvalue weighted by Crippen LogP contribution is 2.35. The molecular weight excluding hydrogens is 391 g/mol. The number of nitrogens with one attached hydrogen (secondary N) is 1. The van der Waals surface area contributed by atoms with Gasteiger partial charge in [0.25, 0.3) is 0 Å². The molecule has 0 fully saturated rings. The molecule has 0 aliphatic carbocycles. The zero-order chi connectivity index (χ0) is 18.2. The second kappa shape index (κ2) is 6.58. The molecule has 10 heteroatoms. The lowest BCUT2D eigenvalue weighted by atomic mass is 10.3. The van der Waals surface area contributed by atoms with Crippen molar-refractivity contribution in [2.75, 3.05) is 5.32 Å². The number of alkyl halides is 3. The largest absolute Gasteiger partial charge is 0.436 e. The monoisotopic (exact) mass is 407 g/mol. The molecule has 2 heterocycles. The third kappa shape index (κ3) is 3.47. The van der Waals surface area contributed by atoms with Crippen LogP contribution in [0.3, 0.4) is 0 Å². The molecule has 0 radical (unpaired) electrons. The van der Waals surface area contributed by atoms with Gasteiger partial charge in [-0.25, -0.2) is 0 Å². The van der Waals surface area contributed by atoms with E-state index in [1.807, 2.05) is 13.8 Å². The van der Waals surface area contributed by atoms with Crippen LogP contribution in [0.15, 0.2) is 4.47 Å². The molecule has 0 spiro atoms. The van der Waals surface area contributed by atoms with Crippen LogP contribution >= 0.6 is 15.9 Å². The highest BCUT2D eigenvalue weighted by molar-refractivity contribution is 9.10. The number of nitrogens with zero attached hydrogens (tertiary/aromatic N) is 4. The smallest absolute Gasteiger partial charge is 0.321 e. The van der Waals surface area contributed by atoms with E-state index in [0.717, 1.165) is 10.4 Å². The van der Waals surface area contributed by atoms with Crippen LogP contribution in [-0.2, 0) is 24.1 Å². The van der Waals surface area contributed by atoms with Gasteiger partial charge < -0.3 is 5.32 Å². The number of carbonyl (C=O) groups excluding carboxylic acids is 1. The number of carbonyl (C=O) groups is 1. The second-order valence-corrected chi connectivity index (χ2v) is 6.11. The van der Waals surface area contributed by atoms with Crippen molar-refractivity contribution >= 4 is 27.5 Å². The van der Waals surface area contributed by atoms with Gasteiger partial charge in [-0.2, -0.15) is 23.4 Å². The maximum absolute atomic E-state index is 12.9. The predicted octanol–water partition coefficient (Wildman–Crippen LogP) is 3.44. The molecule has 2 rings (SSSR count). The Hall–Kier alpha value is -1.84. The maximum Gasteiger partial charge on any atom is 0.436 e. The summed E-state index contributed by atoms with van der Waals surface area (Å²) in [6.45, 7) is 7.29. The molecule has 1 amide bonds. The van der Waals surface area contributed by atoms with E-state index in [1.165, 1.54) is 6.92 Å². The summed E-state index contributed by atoms with van der Waals surface area (Å²) in [6, 6.07) is 0. The zero-order valence-electron chi connectivity index (χ0n) is 13.6. The summed E-state index contributed by atoms with van der Waals surface area (Å²) < 4.78 is 41.2. The summed E-state index contributed by atoms with van der Waals surface area (Å²) in [5, 5.41) is 10.5. The van der Waals surface area contributed by atoms with E-state index in [2.05, 4.69) is 31.4 Å². The van der Waals surface area contributed by atoms with Crippen LogP contribution in [0.4, 0.5) is 18.9 Å². The second-order valence-electron chi connectivity index (χ2n) is 5.31. The lowest BCUT2D eigenvalue weighted by Gasteiger charge is -2.07. The number of aryl methyl sites for hydroxylation is 2. The summed E-state index contributed by atoms with van der Waals surface area (Å²) in [6.07, 6.45) is -4.58. The van der Waals surface area contributed by atoms with E-state index >= 15 is 0 Å². The Labute approximate surface area is 145 Å². The third-order valence-corrected chi connectivity index (χ3v) is 4.59. The van der Waals surface area contributed by atoms with E-state index in [1.54, 1.807) is 11.6 Å². The van der Waals surface area contributed by atoms with Crippen molar-refractivity contribution in [2.24, 2.45) is 0 Å². The molecular formula is C14H17BrF3N5O. The van der Waals surface area contributed by atoms with Gasteiger partial charge in [0.15, 0.2) is 5.69 Å². The first-order valence-electron chi connectivity index (χ1n) is 7.20. The quantitative estimate of drug-likeness (QED) is 0.843. The third-order valence-electron chi connectivity index (χ3n) is 3.64. The van der Waals surface area contributed by atoms with E-state index in [9.17, 15) is 18.0 Å². The normalized spacial score (nSPS) is 11.8. The Kier molecular flexibility index (Phi) is 5.07. The number of hydrogen-bond donors (Lipinski definition) is 1. The summed E-state index contributed by atoms with van der Waals surface area (Å²) in [5.41, 5.74) is 1.20. The van der Waals surface area contributed by atoms with E-state index in [4.69, 9.17) is 0 Å². The Morgan fingerprint density at radius 1 is 1.17 bits per heavy atom. The highest BCUT2D eigenvalue weighted by Gasteiger charge is 2.38. The molecule has 2 aromatic rings. The maximum atomic E-state index is 12.9. The van der Waals surface area contributed by atoms with Crippen LogP contribution in [0, 0.1) is 20.8 Å². The highest BCUT2D eigenvalue weighted by atomic mass is 79.9. The fourth-order valence-electron chi connectivity index (χ4n) is 2.36. The van der Waals surface area contributed by atoms with Crippen LogP contribution in [0.1, 0.15) is 29.7 Å². The predicted molar refractivity (Wildman–Crippen MR) is 85.7 cm³/mol. The minimum Gasteiger partial charge on any atom is -0.321 e. The first kappa shape index (κ1) is 18.5. The molecule has 0 bridgehead atoms. The van der Waals surface area contributed by atoms with Gasteiger partial charge >= 0.3 is 6.18 Å². The SMILES string of the molecule is CCn1nc(C)c(NC(=O)Cn2nc(C(F)(F)F)c(Br)c2C)c1C. The number of anilines is 1. The van der Waals surface area contributed by atoms with Crippen LogP contribution in [-0.4, -0.2) is 25.5 Å². The minimum absolute atomic E-state index is 0.158. The zero-order valence-corrected chi connectivity index (χ0v) is 15.2. The summed E-state index contributed by atoms with van der Waals surface area (Å²) in [5.74, 6) is -0.469. The molecule has 0 unspecified atom stereocenters. The van der Waals surface area contributed by atoms with Gasteiger partial charge in [-0.05, 0) is 43.6 Å². The van der Waals surface area contributed by atoms with Gasteiger partial charge in [0.2, 0.25) is 5.91 Å². The van der Waals surface area contributed by atoms with E-state index < -0.39 is 17.8 Å². The number of amides is 1. The lowest BCUT2D eigenvalue weighted by Crippen LogP contribution is -2.21. The van der Waals surface area contributed by atoms with E-state index in [0.29, 0.717) is 17.9 Å². The summed E-state index contributed by atoms with van der Waals surface area (Å²) >= 11 is 2.88. The van der Waals surface area contributed by atoms with Crippen molar-refractivity contribution in [3.05, 3.63) is 27.2 Å². The molecule has 0 aliphatic heterocycles. The van der Waals surface area contributed by atoms with Gasteiger partial charge in [0.1, 0.15) is 6.54 Å². The van der Waals surface area contributed by atoms with Gasteiger partial charge in [-0.1, -0.05) is 0 Å². The average molecular weight is 408 g/mol. The summed E-state index contributed by atoms with van der Waals surface area (Å²) in [7, 11) is 0. The van der Waals surface area contributed by atoms with Gasteiger partial charge in [-0.3, -0.25) is 14.2 Å². The van der Waals surface area contributed by atoms with Crippen molar-refractivity contribution in [3.63, 3.8) is 0 Å². The lowest BCUT2D eigenvalue weighted by molar-refractivity contribution is -0.142. The Morgan fingerprint density at radius 3 is 2.25 bits per heavy atom. The molecule has 6 nitrogen and oxygen atoms in total. The minimum atomic E-state index is -4.58. The van der Waals surface area contributed by atoms with Crippen molar-refractivity contribution in [2.45, 2.75) is 47.0 Å². The number of rotatable bonds is 4. The molecule has 132 valence electrons. The molecule has 1 N–H and O–H groups in total. The molecule has 24 heavy (non-hydrogen) atoms. The van der Waals surface area contributed by atoms with Crippen LogP contribution in [0.25, 0.3) is 0 Å². The van der Waals surface area contributed by atoms with Crippen molar-refractivity contribution in [1.82, 2.24) is 19.6 Å². The summed E-state index contributed by atoms with van der Waals surface area (Å²) in [4.78, 5) is 12.2. The fraction of sp³-hybridized carbons (Fsp3) is 0.500. The Morgan fingerprint density at radius 2 is 1.79 bits per heavy atom. The fourth-order valence-corrected chi connectivity index (χ4v) is 2.87. The van der Waals surface area contributed by atoms with E-state index in [-0.39, 0.29) is 16.7 Å².